The highest BCUT2D eigenvalue weighted by atomic mass is 32.2. The van der Waals surface area contributed by atoms with Crippen molar-refractivity contribution < 1.29 is 27.8 Å². The molecule has 0 saturated heterocycles. The van der Waals surface area contributed by atoms with Gasteiger partial charge in [0.05, 0.1) is 5.56 Å². The van der Waals surface area contributed by atoms with E-state index in [1.54, 1.807) is 0 Å². The Kier molecular flexibility index (Phi) is 7.28. The number of aliphatic hydroxyl groups is 1. The summed E-state index contributed by atoms with van der Waals surface area (Å²) in [6, 6.07) is 8.97. The first kappa shape index (κ1) is 24.2. The van der Waals surface area contributed by atoms with E-state index in [4.69, 9.17) is 4.74 Å². The van der Waals surface area contributed by atoms with Crippen LogP contribution in [-0.2, 0) is 15.7 Å². The SMILES string of the molecule is CCC(CSc1ccc(C(F)(F)F)cc1)C1CC(O)=C(c2c(C)cc(C)cc2C)C(=O)O1. The molecule has 1 N–H and O–H groups in total. The first-order chi connectivity index (χ1) is 15.0. The summed E-state index contributed by atoms with van der Waals surface area (Å²) in [7, 11) is 0. The van der Waals surface area contributed by atoms with Crippen LogP contribution in [0.1, 0.15) is 47.6 Å². The molecule has 0 fully saturated rings. The molecule has 2 atom stereocenters. The van der Waals surface area contributed by atoms with Crippen LogP contribution < -0.4 is 0 Å². The topological polar surface area (TPSA) is 46.5 Å². The largest absolute Gasteiger partial charge is 0.511 e. The first-order valence-corrected chi connectivity index (χ1v) is 11.5. The summed E-state index contributed by atoms with van der Waals surface area (Å²) in [5.74, 6) is 0.00610. The Bertz CT molecular complexity index is 1000. The quantitative estimate of drug-likeness (QED) is 0.368. The number of carbonyl (C=O) groups excluding carboxylic acids is 1. The molecule has 2 unspecified atom stereocenters. The summed E-state index contributed by atoms with van der Waals surface area (Å²) >= 11 is 1.42. The number of esters is 1. The predicted octanol–water partition coefficient (Wildman–Crippen LogP) is 7.03. The molecule has 1 aliphatic rings. The number of aliphatic hydroxyl groups excluding tert-OH is 1. The molecule has 1 aliphatic heterocycles. The Morgan fingerprint density at radius 1 is 1.12 bits per heavy atom. The number of carbonyl (C=O) groups is 1. The van der Waals surface area contributed by atoms with Crippen molar-refractivity contribution in [2.45, 2.75) is 57.7 Å². The van der Waals surface area contributed by atoms with E-state index in [1.807, 2.05) is 39.8 Å². The molecule has 2 aromatic rings. The minimum atomic E-state index is -4.36. The lowest BCUT2D eigenvalue weighted by atomic mass is 9.88. The number of hydrogen-bond donors (Lipinski definition) is 1. The number of alkyl halides is 3. The number of thioether (sulfide) groups is 1. The molecule has 0 spiro atoms. The Morgan fingerprint density at radius 3 is 2.22 bits per heavy atom. The standard InChI is InChI=1S/C25H27F3O3S/c1-5-17(13-32-19-8-6-18(7-9-19)25(26,27)28)21-12-20(29)23(24(30)31-21)22-15(3)10-14(2)11-16(22)4/h6-11,17,21,29H,5,12-13H2,1-4H3. The predicted molar refractivity (Wildman–Crippen MR) is 121 cm³/mol. The van der Waals surface area contributed by atoms with Crippen LogP contribution in [0.4, 0.5) is 13.2 Å². The number of hydrogen-bond acceptors (Lipinski definition) is 4. The van der Waals surface area contributed by atoms with Gasteiger partial charge in [0.15, 0.2) is 0 Å². The van der Waals surface area contributed by atoms with Gasteiger partial charge >= 0.3 is 12.1 Å². The van der Waals surface area contributed by atoms with Crippen LogP contribution in [0.15, 0.2) is 47.1 Å². The average molecular weight is 465 g/mol. The lowest BCUT2D eigenvalue weighted by Crippen LogP contribution is -2.33. The molecule has 0 aromatic heterocycles. The molecule has 172 valence electrons. The number of rotatable bonds is 6. The van der Waals surface area contributed by atoms with Crippen molar-refractivity contribution in [2.24, 2.45) is 5.92 Å². The molecule has 32 heavy (non-hydrogen) atoms. The summed E-state index contributed by atoms with van der Waals surface area (Å²) in [5.41, 5.74) is 3.15. The van der Waals surface area contributed by atoms with Crippen LogP contribution >= 0.6 is 11.8 Å². The van der Waals surface area contributed by atoms with Crippen LogP contribution in [0.25, 0.3) is 5.57 Å². The van der Waals surface area contributed by atoms with Crippen LogP contribution in [0.2, 0.25) is 0 Å². The molecular formula is C25H27F3O3S. The highest BCUT2D eigenvalue weighted by Crippen LogP contribution is 2.37. The van der Waals surface area contributed by atoms with Gasteiger partial charge in [-0.05, 0) is 68.1 Å². The highest BCUT2D eigenvalue weighted by Gasteiger charge is 2.35. The second-order valence-corrected chi connectivity index (χ2v) is 9.34. The zero-order chi connectivity index (χ0) is 23.6. The summed E-state index contributed by atoms with van der Waals surface area (Å²) in [4.78, 5) is 13.6. The van der Waals surface area contributed by atoms with Gasteiger partial charge in [-0.3, -0.25) is 0 Å². The number of ether oxygens (including phenoxy) is 1. The third-order valence-electron chi connectivity index (χ3n) is 5.77. The molecule has 0 aliphatic carbocycles. The van der Waals surface area contributed by atoms with Crippen LogP contribution in [0.5, 0.6) is 0 Å². The van der Waals surface area contributed by atoms with Crippen molar-refractivity contribution in [3.8, 4) is 0 Å². The Morgan fingerprint density at radius 2 is 1.72 bits per heavy atom. The van der Waals surface area contributed by atoms with Gasteiger partial charge in [0.25, 0.3) is 0 Å². The molecule has 7 heteroatoms. The molecule has 3 nitrogen and oxygen atoms in total. The third kappa shape index (κ3) is 5.31. The third-order valence-corrected chi connectivity index (χ3v) is 6.97. The van der Waals surface area contributed by atoms with E-state index in [2.05, 4.69) is 0 Å². The van der Waals surface area contributed by atoms with Crippen molar-refractivity contribution in [2.75, 3.05) is 5.75 Å². The Balaban J connectivity index is 1.74. The molecule has 0 saturated carbocycles. The van der Waals surface area contributed by atoms with E-state index in [0.29, 0.717) is 22.6 Å². The number of cyclic esters (lactones) is 1. The van der Waals surface area contributed by atoms with Crippen molar-refractivity contribution in [1.82, 2.24) is 0 Å². The Hall–Kier alpha value is -2.41. The number of aryl methyl sites for hydroxylation is 3. The van der Waals surface area contributed by atoms with Gasteiger partial charge in [0, 0.05) is 23.0 Å². The average Bonchev–Trinajstić information content (AvgIpc) is 2.69. The van der Waals surface area contributed by atoms with Gasteiger partial charge in [-0.15, -0.1) is 11.8 Å². The number of benzene rings is 2. The van der Waals surface area contributed by atoms with E-state index in [-0.39, 0.29) is 23.7 Å². The van der Waals surface area contributed by atoms with Gasteiger partial charge in [-0.2, -0.15) is 13.2 Å². The maximum atomic E-state index is 12.9. The molecular weight excluding hydrogens is 437 g/mol. The lowest BCUT2D eigenvalue weighted by molar-refractivity contribution is -0.146. The maximum Gasteiger partial charge on any atom is 0.416 e. The fraction of sp³-hybridized carbons (Fsp3) is 0.400. The van der Waals surface area contributed by atoms with E-state index in [1.165, 1.54) is 23.9 Å². The van der Waals surface area contributed by atoms with Gasteiger partial charge in [0.1, 0.15) is 17.4 Å². The molecule has 1 heterocycles. The minimum absolute atomic E-state index is 0.0271. The normalized spacial score (nSPS) is 18.0. The zero-order valence-corrected chi connectivity index (χ0v) is 19.4. The molecule has 0 radical (unpaired) electrons. The lowest BCUT2D eigenvalue weighted by Gasteiger charge is -2.31. The maximum absolute atomic E-state index is 12.9. The molecule has 2 aromatic carbocycles. The summed E-state index contributed by atoms with van der Waals surface area (Å²) in [5, 5.41) is 10.8. The molecule has 3 rings (SSSR count). The summed E-state index contributed by atoms with van der Waals surface area (Å²) in [6.07, 6.45) is -3.91. The van der Waals surface area contributed by atoms with Crippen LogP contribution in [0, 0.1) is 26.7 Å². The van der Waals surface area contributed by atoms with Gasteiger partial charge in [0.2, 0.25) is 0 Å². The second kappa shape index (κ2) is 9.61. The number of halogens is 3. The van der Waals surface area contributed by atoms with E-state index in [0.717, 1.165) is 28.8 Å². The Labute approximate surface area is 190 Å². The van der Waals surface area contributed by atoms with E-state index >= 15 is 0 Å². The fourth-order valence-corrected chi connectivity index (χ4v) is 5.35. The van der Waals surface area contributed by atoms with Crippen molar-refractivity contribution in [3.05, 3.63) is 70.0 Å². The molecule has 0 amide bonds. The summed E-state index contributed by atoms with van der Waals surface area (Å²) < 4.78 is 44.0. The van der Waals surface area contributed by atoms with E-state index < -0.39 is 23.8 Å². The zero-order valence-electron chi connectivity index (χ0n) is 18.5. The van der Waals surface area contributed by atoms with Crippen molar-refractivity contribution in [3.63, 3.8) is 0 Å². The van der Waals surface area contributed by atoms with Gasteiger partial charge in [-0.25, -0.2) is 4.79 Å². The second-order valence-electron chi connectivity index (χ2n) is 8.24. The van der Waals surface area contributed by atoms with Crippen LogP contribution in [0.3, 0.4) is 0 Å². The van der Waals surface area contributed by atoms with Crippen molar-refractivity contribution >= 4 is 23.3 Å². The van der Waals surface area contributed by atoms with Crippen molar-refractivity contribution in [1.29, 1.82) is 0 Å². The minimum Gasteiger partial charge on any atom is -0.511 e. The van der Waals surface area contributed by atoms with E-state index in [9.17, 15) is 23.1 Å². The highest BCUT2D eigenvalue weighted by molar-refractivity contribution is 7.99. The fourth-order valence-electron chi connectivity index (χ4n) is 4.16. The van der Waals surface area contributed by atoms with Crippen LogP contribution in [-0.4, -0.2) is 22.9 Å². The monoisotopic (exact) mass is 464 g/mol. The summed E-state index contributed by atoms with van der Waals surface area (Å²) in [6.45, 7) is 7.76. The van der Waals surface area contributed by atoms with Gasteiger partial charge in [-0.1, -0.05) is 24.6 Å². The first-order valence-electron chi connectivity index (χ1n) is 10.5. The van der Waals surface area contributed by atoms with Gasteiger partial charge < -0.3 is 9.84 Å². The smallest absolute Gasteiger partial charge is 0.416 e. The molecule has 0 bridgehead atoms.